The van der Waals surface area contributed by atoms with Crippen LogP contribution in [0.3, 0.4) is 0 Å². The highest BCUT2D eigenvalue weighted by atomic mass is 16.5. The normalized spacial score (nSPS) is 8.83. The average molecular weight is 269 g/mol. The Morgan fingerprint density at radius 1 is 0.667 bits per heavy atom. The molecular formula is C17H48O. The molecule has 1 unspecified atom stereocenters. The van der Waals surface area contributed by atoms with Gasteiger partial charge < -0.3 is 4.74 Å². The van der Waals surface area contributed by atoms with Crippen LogP contribution in [0.1, 0.15) is 97.9 Å². The molecule has 1 nitrogen and oxygen atoms in total. The van der Waals surface area contributed by atoms with Crippen molar-refractivity contribution in [3.63, 3.8) is 0 Å². The van der Waals surface area contributed by atoms with Crippen molar-refractivity contribution in [2.45, 2.75) is 104 Å². The van der Waals surface area contributed by atoms with Gasteiger partial charge in [0.1, 0.15) is 0 Å². The highest BCUT2D eigenvalue weighted by Gasteiger charge is 1.91. The van der Waals surface area contributed by atoms with E-state index in [1.165, 1.54) is 12.8 Å². The predicted octanol–water partition coefficient (Wildman–Crippen LogP) is 7.44. The van der Waals surface area contributed by atoms with Gasteiger partial charge in [0, 0.05) is 6.61 Å². The molecule has 0 fully saturated rings. The Balaban J connectivity index is -0.0000000212. The highest BCUT2D eigenvalue weighted by molar-refractivity contribution is 4.41. The van der Waals surface area contributed by atoms with Crippen molar-refractivity contribution >= 4 is 0 Å². The fourth-order valence-corrected chi connectivity index (χ4v) is 0.691. The monoisotopic (exact) mass is 268 g/mol. The van der Waals surface area contributed by atoms with E-state index in [1.54, 1.807) is 0 Å². The van der Waals surface area contributed by atoms with Crippen molar-refractivity contribution < 1.29 is 4.74 Å². The summed E-state index contributed by atoms with van der Waals surface area (Å²) in [5, 5.41) is 0. The molecule has 0 aromatic rings. The number of hydrogen-bond acceptors (Lipinski definition) is 1. The lowest BCUT2D eigenvalue weighted by Crippen LogP contribution is -2.04. The summed E-state index contributed by atoms with van der Waals surface area (Å²) in [4.78, 5) is 0. The van der Waals surface area contributed by atoms with E-state index in [0.717, 1.165) is 18.9 Å². The van der Waals surface area contributed by atoms with Crippen molar-refractivity contribution in [2.24, 2.45) is 5.92 Å². The predicted molar refractivity (Wildman–Crippen MR) is 94.8 cm³/mol. The lowest BCUT2D eigenvalue weighted by molar-refractivity contribution is 0.0739. The van der Waals surface area contributed by atoms with Crippen LogP contribution in [0.25, 0.3) is 0 Å². The fourth-order valence-electron chi connectivity index (χ4n) is 0.691. The van der Waals surface area contributed by atoms with E-state index in [-0.39, 0.29) is 37.1 Å². The van der Waals surface area contributed by atoms with Gasteiger partial charge in [-0.15, -0.1) is 0 Å². The standard InChI is InChI=1S/C6H14O.C6H14.5CH4/c1-4-6(3)7-5-2;1-4-6(3)5-2;;;;;/h6H,4-5H2,1-3H3;6H,4-5H2,1-3H3;5*1H4. The van der Waals surface area contributed by atoms with E-state index in [4.69, 9.17) is 4.74 Å². The molecule has 0 saturated carbocycles. The third-order valence-electron chi connectivity index (χ3n) is 2.42. The van der Waals surface area contributed by atoms with Crippen LogP contribution in [-0.4, -0.2) is 12.7 Å². The van der Waals surface area contributed by atoms with E-state index in [1.807, 2.05) is 6.92 Å². The van der Waals surface area contributed by atoms with Crippen LogP contribution < -0.4 is 0 Å². The van der Waals surface area contributed by atoms with Crippen LogP contribution in [0.15, 0.2) is 0 Å². The Morgan fingerprint density at radius 2 is 1.00 bits per heavy atom. The lowest BCUT2D eigenvalue weighted by Gasteiger charge is -2.05. The minimum Gasteiger partial charge on any atom is -0.379 e. The van der Waals surface area contributed by atoms with Crippen molar-refractivity contribution in [3.8, 4) is 0 Å². The Morgan fingerprint density at radius 3 is 1.06 bits per heavy atom. The summed E-state index contributed by atoms with van der Waals surface area (Å²) in [6.07, 6.45) is 4.23. The molecule has 0 aliphatic carbocycles. The molecule has 0 N–H and O–H groups in total. The van der Waals surface area contributed by atoms with Crippen molar-refractivity contribution in [3.05, 3.63) is 0 Å². The maximum atomic E-state index is 5.19. The summed E-state index contributed by atoms with van der Waals surface area (Å²) in [6.45, 7) is 13.8. The van der Waals surface area contributed by atoms with E-state index >= 15 is 0 Å². The third kappa shape index (κ3) is 44.5. The second-order valence-electron chi connectivity index (χ2n) is 3.60. The first kappa shape index (κ1) is 43.0. The molecule has 0 aliphatic rings. The van der Waals surface area contributed by atoms with Crippen molar-refractivity contribution in [2.75, 3.05) is 6.61 Å². The maximum Gasteiger partial charge on any atom is 0.0544 e. The summed E-state index contributed by atoms with van der Waals surface area (Å²) in [5.41, 5.74) is 0. The van der Waals surface area contributed by atoms with Gasteiger partial charge in [-0.05, 0) is 26.2 Å². The van der Waals surface area contributed by atoms with Crippen LogP contribution >= 0.6 is 0 Å². The maximum absolute atomic E-state index is 5.19. The molecule has 0 aromatic carbocycles. The molecule has 0 rings (SSSR count). The van der Waals surface area contributed by atoms with Gasteiger partial charge in [-0.3, -0.25) is 0 Å². The van der Waals surface area contributed by atoms with Gasteiger partial charge in [-0.25, -0.2) is 0 Å². The highest BCUT2D eigenvalue weighted by Crippen LogP contribution is 2.02. The molecule has 1 atom stereocenters. The van der Waals surface area contributed by atoms with Crippen molar-refractivity contribution in [1.82, 2.24) is 0 Å². The van der Waals surface area contributed by atoms with Gasteiger partial charge in [-0.1, -0.05) is 77.7 Å². The molecule has 0 bridgehead atoms. The van der Waals surface area contributed by atoms with Crippen LogP contribution in [0, 0.1) is 5.92 Å². The van der Waals surface area contributed by atoms with E-state index in [0.29, 0.717) is 6.10 Å². The van der Waals surface area contributed by atoms with Gasteiger partial charge >= 0.3 is 0 Å². The minimum atomic E-state index is 0. The molecule has 18 heavy (non-hydrogen) atoms. The summed E-state index contributed by atoms with van der Waals surface area (Å²) < 4.78 is 5.19. The molecule has 0 aromatic heterocycles. The molecule has 0 spiro atoms. The topological polar surface area (TPSA) is 9.23 Å². The van der Waals surface area contributed by atoms with Crippen LogP contribution in [0.5, 0.6) is 0 Å². The lowest BCUT2D eigenvalue weighted by atomic mass is 10.1. The summed E-state index contributed by atoms with van der Waals surface area (Å²) in [5.74, 6) is 0.935. The van der Waals surface area contributed by atoms with Crippen LogP contribution in [0.4, 0.5) is 0 Å². The Kier molecular flexibility index (Phi) is 85.9. The summed E-state index contributed by atoms with van der Waals surface area (Å²) in [6, 6.07) is 0. The Bertz CT molecular complexity index is 77.7. The SMILES string of the molecule is C.C.C.C.C.CCC(C)CC.CCOC(C)CC. The molecule has 0 saturated heterocycles. The van der Waals surface area contributed by atoms with Crippen LogP contribution in [-0.2, 0) is 4.74 Å². The zero-order valence-electron chi connectivity index (χ0n) is 10.4. The fraction of sp³-hybridized carbons (Fsp3) is 1.00. The molecule has 122 valence electrons. The number of rotatable bonds is 5. The number of hydrogen-bond donors (Lipinski definition) is 0. The molecule has 0 radical (unpaired) electrons. The molecular weight excluding hydrogens is 220 g/mol. The van der Waals surface area contributed by atoms with Crippen molar-refractivity contribution in [1.29, 1.82) is 0 Å². The molecule has 0 aliphatic heterocycles. The third-order valence-corrected chi connectivity index (χ3v) is 2.42. The first-order valence-corrected chi connectivity index (χ1v) is 5.73. The second-order valence-corrected chi connectivity index (χ2v) is 3.60. The quantitative estimate of drug-likeness (QED) is 0.503. The zero-order valence-corrected chi connectivity index (χ0v) is 10.4. The van der Waals surface area contributed by atoms with Gasteiger partial charge in [0.05, 0.1) is 6.10 Å². The first-order valence-electron chi connectivity index (χ1n) is 5.73. The first-order chi connectivity index (χ1) is 6.12. The summed E-state index contributed by atoms with van der Waals surface area (Å²) in [7, 11) is 0. The van der Waals surface area contributed by atoms with Gasteiger partial charge in [0.25, 0.3) is 0 Å². The molecule has 0 amide bonds. The Hall–Kier alpha value is -0.0400. The summed E-state index contributed by atoms with van der Waals surface area (Å²) >= 11 is 0. The minimum absolute atomic E-state index is 0. The van der Waals surface area contributed by atoms with E-state index in [2.05, 4.69) is 34.6 Å². The largest absolute Gasteiger partial charge is 0.379 e. The van der Waals surface area contributed by atoms with Gasteiger partial charge in [0.2, 0.25) is 0 Å². The average Bonchev–Trinajstić information content (AvgIpc) is 2.18. The van der Waals surface area contributed by atoms with Gasteiger partial charge in [-0.2, -0.15) is 0 Å². The van der Waals surface area contributed by atoms with E-state index in [9.17, 15) is 0 Å². The zero-order chi connectivity index (χ0) is 10.7. The van der Waals surface area contributed by atoms with Crippen LogP contribution in [0.2, 0.25) is 0 Å². The second kappa shape index (κ2) is 36.0. The van der Waals surface area contributed by atoms with E-state index < -0.39 is 0 Å². The van der Waals surface area contributed by atoms with Gasteiger partial charge in [0.15, 0.2) is 0 Å². The number of ether oxygens (including phenoxy) is 1. The molecule has 0 heterocycles. The molecule has 1 heteroatoms. The smallest absolute Gasteiger partial charge is 0.0544 e. The Labute approximate surface area is 122 Å².